The summed E-state index contributed by atoms with van der Waals surface area (Å²) >= 11 is 1.45. The Bertz CT molecular complexity index is 107. The maximum absolute atomic E-state index is 8.25. The van der Waals surface area contributed by atoms with Crippen molar-refractivity contribution in [2.75, 3.05) is 0 Å². The van der Waals surface area contributed by atoms with Gasteiger partial charge in [0.05, 0.1) is 0 Å². The molecule has 0 saturated heterocycles. The normalized spacial score (nSPS) is 15.5. The zero-order valence-corrected chi connectivity index (χ0v) is 10.5. The van der Waals surface area contributed by atoms with Gasteiger partial charge in [0.25, 0.3) is 0 Å². The molecule has 0 aromatic rings. The molecule has 73 valence electrons. The number of carboxylic acid groups (broad SMARTS) is 2. The molecule has 0 aromatic heterocycles. The standard InChI is InChI=1S/C6H11.2CH2O2.Ce/c1-2-4-6-5-3-1;2*2-1-3;/h1H,2-6H2;2*1H,(H,2,3);/q;;;+2/p-2. The van der Waals surface area contributed by atoms with Crippen LogP contribution in [0, 0.1) is 39.6 Å². The molecule has 4 nitrogen and oxygen atoms in total. The first-order valence-electron chi connectivity index (χ1n) is 4.05. The van der Waals surface area contributed by atoms with Crippen molar-refractivity contribution in [3.8, 4) is 0 Å². The van der Waals surface area contributed by atoms with Gasteiger partial charge in [0.1, 0.15) is 0 Å². The number of hydrogen-bond donors (Lipinski definition) is 0. The predicted octanol–water partition coefficient (Wildman–Crippen LogP) is -0.980. The Morgan fingerprint density at radius 3 is 1.46 bits per heavy atom. The summed E-state index contributed by atoms with van der Waals surface area (Å²) in [6.07, 6.45) is 7.65. The first kappa shape index (κ1) is 15.8. The number of carbonyl (C=O) groups is 2. The van der Waals surface area contributed by atoms with E-state index in [0.717, 1.165) is 0 Å². The molecule has 5 heteroatoms. The van der Waals surface area contributed by atoms with Crippen molar-refractivity contribution in [2.45, 2.75) is 33.5 Å². The number of hydrogen-bond acceptors (Lipinski definition) is 4. The molecule has 1 rings (SSSR count). The molecule has 1 saturated carbocycles. The zero-order chi connectivity index (χ0) is 10.5. The van der Waals surface area contributed by atoms with Gasteiger partial charge in [0, 0.05) is 12.9 Å². The van der Waals surface area contributed by atoms with Crippen molar-refractivity contribution in [3.05, 3.63) is 0 Å². The molecule has 0 unspecified atom stereocenters. The Morgan fingerprint density at radius 2 is 1.31 bits per heavy atom. The van der Waals surface area contributed by atoms with E-state index in [9.17, 15) is 0 Å². The second kappa shape index (κ2) is 14.8. The number of carbonyl (C=O) groups excluding carboxylic acids is 2. The van der Waals surface area contributed by atoms with Crippen LogP contribution in [0.1, 0.15) is 32.1 Å². The van der Waals surface area contributed by atoms with Crippen molar-refractivity contribution >= 4 is 12.9 Å². The van der Waals surface area contributed by atoms with Crippen LogP contribution in [0.3, 0.4) is 0 Å². The predicted molar refractivity (Wildman–Crippen MR) is 39.0 cm³/mol. The topological polar surface area (TPSA) is 80.3 Å². The molecular formula is C8H13CeO4. The van der Waals surface area contributed by atoms with Crippen LogP contribution in [-0.4, -0.2) is 12.9 Å². The Morgan fingerprint density at radius 1 is 1.00 bits per heavy atom. The van der Waals surface area contributed by atoms with E-state index in [-0.39, 0.29) is 0 Å². The third-order valence-electron chi connectivity index (χ3n) is 1.61. The van der Waals surface area contributed by atoms with Crippen LogP contribution in [0.15, 0.2) is 0 Å². The molecule has 0 heterocycles. The van der Waals surface area contributed by atoms with E-state index in [2.05, 4.69) is 0 Å². The van der Waals surface area contributed by atoms with Crippen LogP contribution in [0.5, 0.6) is 0 Å². The third kappa shape index (κ3) is 19.0. The molecule has 0 spiro atoms. The second-order valence-electron chi connectivity index (χ2n) is 2.53. The SMILES string of the molecule is O=C[O-].O=C[O-].[Ce+2][CH]1CCCCC1. The van der Waals surface area contributed by atoms with Crippen molar-refractivity contribution in [1.29, 1.82) is 0 Å². The molecule has 13 heavy (non-hydrogen) atoms. The van der Waals surface area contributed by atoms with Crippen LogP contribution in [0.4, 0.5) is 0 Å². The Kier molecular flexibility index (Phi) is 18.0. The monoisotopic (exact) mass is 313 g/mol. The average Bonchev–Trinajstić information content (AvgIpc) is 2.08. The fraction of sp³-hybridized carbons (Fsp3) is 0.750. The van der Waals surface area contributed by atoms with Crippen LogP contribution < -0.4 is 10.2 Å². The first-order valence-corrected chi connectivity index (χ1v) is 5.86. The molecule has 0 aromatic carbocycles. The zero-order valence-electron chi connectivity index (χ0n) is 7.40. The summed E-state index contributed by atoms with van der Waals surface area (Å²) in [5, 5.41) is 16.5. The van der Waals surface area contributed by atoms with Crippen molar-refractivity contribution < 1.29 is 59.5 Å². The van der Waals surface area contributed by atoms with E-state index in [1.165, 1.54) is 60.3 Å². The van der Waals surface area contributed by atoms with Crippen molar-refractivity contribution in [2.24, 2.45) is 0 Å². The van der Waals surface area contributed by atoms with Crippen LogP contribution in [-0.2, 0) is 9.59 Å². The molecule has 1 aliphatic carbocycles. The Balaban J connectivity index is 0. The first-order chi connectivity index (χ1) is 6.22. The van der Waals surface area contributed by atoms with Gasteiger partial charge in [0.15, 0.2) is 0 Å². The van der Waals surface area contributed by atoms with E-state index < -0.39 is 12.9 Å². The van der Waals surface area contributed by atoms with Gasteiger partial charge in [0.2, 0.25) is 0 Å². The summed E-state index contributed by atoms with van der Waals surface area (Å²) in [6, 6.07) is 0. The van der Waals surface area contributed by atoms with Gasteiger partial charge < -0.3 is 19.8 Å². The summed E-state index contributed by atoms with van der Waals surface area (Å²) < 4.78 is 1.17. The fourth-order valence-corrected chi connectivity index (χ4v) is 2.38. The van der Waals surface area contributed by atoms with Gasteiger partial charge >= 0.3 is 73.2 Å². The van der Waals surface area contributed by atoms with Crippen LogP contribution >= 0.6 is 0 Å². The minimum absolute atomic E-state index is 0.500. The summed E-state index contributed by atoms with van der Waals surface area (Å²) in [4.78, 5) is 16.5. The molecule has 0 bridgehead atoms. The molecule has 1 fully saturated rings. The fourth-order valence-electron chi connectivity index (χ4n) is 1.10. The minimum atomic E-state index is -0.500. The van der Waals surface area contributed by atoms with E-state index in [1.54, 1.807) is 12.8 Å². The maximum atomic E-state index is 8.25. The molecule has 1 aliphatic rings. The second-order valence-corrected chi connectivity index (χ2v) is 5.09. The Hall–Kier alpha value is 0.317. The molecular weight excluding hydrogens is 300 g/mol. The van der Waals surface area contributed by atoms with E-state index >= 15 is 0 Å². The summed E-state index contributed by atoms with van der Waals surface area (Å²) in [5.41, 5.74) is 0. The van der Waals surface area contributed by atoms with E-state index in [4.69, 9.17) is 19.8 Å². The average molecular weight is 313 g/mol. The Labute approximate surface area is 105 Å². The quantitative estimate of drug-likeness (QED) is 0.539. The van der Waals surface area contributed by atoms with Crippen LogP contribution in [0.2, 0.25) is 1.44 Å². The van der Waals surface area contributed by atoms with Gasteiger partial charge in [-0.05, 0) is 0 Å². The molecule has 0 N–H and O–H groups in total. The van der Waals surface area contributed by atoms with Crippen molar-refractivity contribution in [1.82, 2.24) is 0 Å². The molecule has 0 amide bonds. The molecule has 0 aliphatic heterocycles. The third-order valence-corrected chi connectivity index (χ3v) is 3.42. The van der Waals surface area contributed by atoms with Crippen LogP contribution in [0.25, 0.3) is 0 Å². The van der Waals surface area contributed by atoms with Gasteiger partial charge in [-0.25, -0.2) is 0 Å². The number of rotatable bonds is 0. The van der Waals surface area contributed by atoms with Crippen molar-refractivity contribution in [3.63, 3.8) is 0 Å². The molecule has 0 radical (unpaired) electrons. The van der Waals surface area contributed by atoms with Gasteiger partial charge in [-0.3, -0.25) is 0 Å². The van der Waals surface area contributed by atoms with Gasteiger partial charge in [-0.1, -0.05) is 0 Å². The summed E-state index contributed by atoms with van der Waals surface area (Å²) in [5.74, 6) is 0. The van der Waals surface area contributed by atoms with E-state index in [0.29, 0.717) is 0 Å². The van der Waals surface area contributed by atoms with Gasteiger partial charge in [-0.2, -0.15) is 0 Å². The molecule has 0 atom stereocenters. The van der Waals surface area contributed by atoms with Gasteiger partial charge in [-0.15, -0.1) is 0 Å². The summed E-state index contributed by atoms with van der Waals surface area (Å²) in [7, 11) is 0. The summed E-state index contributed by atoms with van der Waals surface area (Å²) in [6.45, 7) is -1.00. The van der Waals surface area contributed by atoms with E-state index in [1.807, 2.05) is 0 Å².